The molecule has 0 N–H and O–H groups in total. The van der Waals surface area contributed by atoms with Crippen LogP contribution in [0.5, 0.6) is 17.2 Å². The van der Waals surface area contributed by atoms with Crippen LogP contribution >= 0.6 is 0 Å². The van der Waals surface area contributed by atoms with Gasteiger partial charge in [0.15, 0.2) is 22.9 Å². The van der Waals surface area contributed by atoms with Gasteiger partial charge in [-0.15, -0.1) is 0 Å². The van der Waals surface area contributed by atoms with Crippen LogP contribution in [0.4, 0.5) is 0 Å². The Morgan fingerprint density at radius 3 is 1.52 bits per heavy atom. The Balaban J connectivity index is 1.79. The van der Waals surface area contributed by atoms with Crippen LogP contribution in [-0.2, 0) is 13.2 Å². The monoisotopic (exact) mass is 435 g/mol. The Kier molecular flexibility index (Phi) is 6.59. The lowest BCUT2D eigenvalue weighted by Gasteiger charge is -2.10. The highest BCUT2D eigenvalue weighted by Crippen LogP contribution is 2.40. The molecule has 0 saturated heterocycles. The van der Waals surface area contributed by atoms with E-state index in [1.807, 2.05) is 60.7 Å². The van der Waals surface area contributed by atoms with E-state index in [1.165, 1.54) is 0 Å². The van der Waals surface area contributed by atoms with Gasteiger partial charge in [0.25, 0.3) is 0 Å². The largest absolute Gasteiger partial charge is 0.497 e. The third-order valence-electron chi connectivity index (χ3n) is 5.08. The Morgan fingerprint density at radius 1 is 0.667 bits per heavy atom. The second kappa shape index (κ2) is 10.1. The van der Waals surface area contributed by atoms with Gasteiger partial charge in [0.1, 0.15) is 31.1 Å². The lowest BCUT2D eigenvalue weighted by molar-refractivity contribution is 0.257. The van der Waals surface area contributed by atoms with E-state index in [2.05, 4.69) is 12.1 Å². The van der Waals surface area contributed by atoms with Gasteiger partial charge in [-0.25, -0.2) is 0 Å². The predicted molar refractivity (Wildman–Crippen MR) is 123 cm³/mol. The zero-order chi connectivity index (χ0) is 23.0. The summed E-state index contributed by atoms with van der Waals surface area (Å²) in [5.74, 6) is 1.15. The first-order chi connectivity index (χ1) is 16.2. The maximum absolute atomic E-state index is 10.0. The smallest absolute Gasteiger partial charge is 0.199 e. The van der Waals surface area contributed by atoms with Crippen molar-refractivity contribution in [1.82, 2.24) is 4.57 Å². The number of hydrogen-bond donors (Lipinski definition) is 0. The van der Waals surface area contributed by atoms with Gasteiger partial charge in [0.05, 0.1) is 7.11 Å². The molecule has 0 amide bonds. The lowest BCUT2D eigenvalue weighted by Crippen LogP contribution is -2.02. The van der Waals surface area contributed by atoms with Gasteiger partial charge < -0.3 is 14.2 Å². The Hall–Kier alpha value is -4.68. The van der Waals surface area contributed by atoms with Crippen LogP contribution in [0.15, 0.2) is 84.9 Å². The fraction of sp³-hybridized carbons (Fsp3) is 0.111. The molecule has 33 heavy (non-hydrogen) atoms. The highest BCUT2D eigenvalue weighted by Gasteiger charge is 2.27. The van der Waals surface area contributed by atoms with Crippen molar-refractivity contribution in [2.45, 2.75) is 13.2 Å². The SMILES string of the molecule is COc1ccc(-n2c(C#N)c(OCc3ccccc3)c(OCc3ccccc3)c2C#N)cc1. The number of nitrogens with zero attached hydrogens (tertiary/aromatic N) is 3. The van der Waals surface area contributed by atoms with Crippen LogP contribution in [0.25, 0.3) is 5.69 Å². The molecule has 0 bridgehead atoms. The van der Waals surface area contributed by atoms with E-state index < -0.39 is 0 Å². The fourth-order valence-electron chi connectivity index (χ4n) is 3.45. The molecule has 0 atom stereocenters. The van der Waals surface area contributed by atoms with Crippen molar-refractivity contribution in [2.75, 3.05) is 7.11 Å². The molecule has 4 rings (SSSR count). The van der Waals surface area contributed by atoms with Crippen LogP contribution < -0.4 is 14.2 Å². The average Bonchev–Trinajstić information content (AvgIpc) is 3.19. The van der Waals surface area contributed by atoms with E-state index in [0.29, 0.717) is 11.4 Å². The fourth-order valence-corrected chi connectivity index (χ4v) is 3.45. The van der Waals surface area contributed by atoms with Gasteiger partial charge >= 0.3 is 0 Å². The van der Waals surface area contributed by atoms with Gasteiger partial charge in [-0.1, -0.05) is 60.7 Å². The molecular formula is C27H21N3O3. The van der Waals surface area contributed by atoms with Gasteiger partial charge in [-0.3, -0.25) is 4.57 Å². The molecule has 6 heteroatoms. The summed E-state index contributed by atoms with van der Waals surface area (Å²) in [6.07, 6.45) is 0. The molecule has 3 aromatic carbocycles. The molecule has 1 aromatic heterocycles. The number of aromatic nitrogens is 1. The highest BCUT2D eigenvalue weighted by molar-refractivity contribution is 5.63. The molecule has 0 aliphatic heterocycles. The van der Waals surface area contributed by atoms with Gasteiger partial charge in [0.2, 0.25) is 0 Å². The summed E-state index contributed by atoms with van der Waals surface area (Å²) >= 11 is 0. The zero-order valence-electron chi connectivity index (χ0n) is 18.1. The molecule has 0 aliphatic rings. The normalized spacial score (nSPS) is 10.2. The maximum Gasteiger partial charge on any atom is 0.199 e. The summed E-state index contributed by atoms with van der Waals surface area (Å²) < 4.78 is 18.9. The first-order valence-electron chi connectivity index (χ1n) is 10.3. The molecule has 162 valence electrons. The van der Waals surface area contributed by atoms with Gasteiger partial charge in [0, 0.05) is 5.69 Å². The Labute approximate surface area is 192 Å². The summed E-state index contributed by atoms with van der Waals surface area (Å²) in [5.41, 5.74) is 2.88. The zero-order valence-corrected chi connectivity index (χ0v) is 18.1. The van der Waals surface area contributed by atoms with Crippen LogP contribution in [-0.4, -0.2) is 11.7 Å². The summed E-state index contributed by atoms with van der Waals surface area (Å²) in [6.45, 7) is 0.462. The number of hydrogen-bond acceptors (Lipinski definition) is 5. The number of methoxy groups -OCH3 is 1. The van der Waals surface area contributed by atoms with E-state index in [4.69, 9.17) is 14.2 Å². The topological polar surface area (TPSA) is 80.2 Å². The molecule has 0 saturated carbocycles. The van der Waals surface area contributed by atoms with Crippen molar-refractivity contribution < 1.29 is 14.2 Å². The van der Waals surface area contributed by atoms with E-state index in [1.54, 1.807) is 35.9 Å². The third kappa shape index (κ3) is 4.66. The minimum Gasteiger partial charge on any atom is -0.497 e. The van der Waals surface area contributed by atoms with Crippen LogP contribution in [0.2, 0.25) is 0 Å². The molecule has 0 aliphatic carbocycles. The molecule has 0 radical (unpaired) electrons. The summed E-state index contributed by atoms with van der Waals surface area (Å²) in [4.78, 5) is 0. The minimum absolute atomic E-state index is 0.190. The number of ether oxygens (including phenoxy) is 3. The first kappa shape index (κ1) is 21.5. The summed E-state index contributed by atoms with van der Waals surface area (Å²) in [6, 6.07) is 30.7. The van der Waals surface area contributed by atoms with E-state index >= 15 is 0 Å². The van der Waals surface area contributed by atoms with Crippen molar-refractivity contribution >= 4 is 0 Å². The van der Waals surface area contributed by atoms with E-state index in [0.717, 1.165) is 11.1 Å². The van der Waals surface area contributed by atoms with Crippen molar-refractivity contribution in [3.05, 3.63) is 107 Å². The van der Waals surface area contributed by atoms with E-state index in [-0.39, 0.29) is 36.1 Å². The van der Waals surface area contributed by atoms with Crippen LogP contribution in [0.1, 0.15) is 22.5 Å². The van der Waals surface area contributed by atoms with Crippen LogP contribution in [0.3, 0.4) is 0 Å². The van der Waals surface area contributed by atoms with Crippen LogP contribution in [0, 0.1) is 22.7 Å². The molecular weight excluding hydrogens is 414 g/mol. The third-order valence-corrected chi connectivity index (χ3v) is 5.08. The molecule has 4 aromatic rings. The number of benzene rings is 3. The van der Waals surface area contributed by atoms with Crippen molar-refractivity contribution in [3.8, 4) is 35.1 Å². The molecule has 1 heterocycles. The van der Waals surface area contributed by atoms with Crippen molar-refractivity contribution in [2.24, 2.45) is 0 Å². The maximum atomic E-state index is 10.0. The Morgan fingerprint density at radius 2 is 1.12 bits per heavy atom. The van der Waals surface area contributed by atoms with Crippen molar-refractivity contribution in [1.29, 1.82) is 10.5 Å². The number of nitriles is 2. The Bertz CT molecular complexity index is 1220. The first-order valence-corrected chi connectivity index (χ1v) is 10.3. The van der Waals surface area contributed by atoms with Gasteiger partial charge in [-0.05, 0) is 35.4 Å². The molecule has 0 spiro atoms. The lowest BCUT2D eigenvalue weighted by atomic mass is 10.2. The second-order valence-corrected chi connectivity index (χ2v) is 7.16. The standard InChI is InChI=1S/C27H21N3O3/c1-31-23-14-12-22(13-15-23)30-24(16-28)26(32-18-20-8-4-2-5-9-20)27(25(30)17-29)33-19-21-10-6-3-7-11-21/h2-15H,18-19H2,1H3. The second-order valence-electron chi connectivity index (χ2n) is 7.16. The predicted octanol–water partition coefficient (Wildman–Crippen LogP) is 5.39. The molecule has 0 fully saturated rings. The quantitative estimate of drug-likeness (QED) is 0.371. The summed E-state index contributed by atoms with van der Waals surface area (Å²) in [5, 5.41) is 20.1. The minimum atomic E-state index is 0.190. The highest BCUT2D eigenvalue weighted by atomic mass is 16.5. The molecule has 6 nitrogen and oxygen atoms in total. The van der Waals surface area contributed by atoms with Crippen molar-refractivity contribution in [3.63, 3.8) is 0 Å². The average molecular weight is 435 g/mol. The number of rotatable bonds is 8. The summed E-state index contributed by atoms with van der Waals surface area (Å²) in [7, 11) is 1.58. The van der Waals surface area contributed by atoms with E-state index in [9.17, 15) is 10.5 Å². The molecule has 0 unspecified atom stereocenters. The van der Waals surface area contributed by atoms with Gasteiger partial charge in [-0.2, -0.15) is 10.5 Å².